The van der Waals surface area contributed by atoms with Gasteiger partial charge >= 0.3 is 0 Å². The number of carbonyl (C=O) groups is 1. The Kier molecular flexibility index (Phi) is 3.83. The van der Waals surface area contributed by atoms with E-state index in [2.05, 4.69) is 5.32 Å². The van der Waals surface area contributed by atoms with Crippen molar-refractivity contribution in [1.29, 1.82) is 0 Å². The van der Waals surface area contributed by atoms with Crippen molar-refractivity contribution in [2.45, 2.75) is 31.7 Å². The SMILES string of the molecule is O=C(NC1CCCC1)c1cc(-c2cccs2)nc2ccccc12. The summed E-state index contributed by atoms with van der Waals surface area (Å²) in [6.45, 7) is 0. The minimum atomic E-state index is 0.0216. The second-order valence-corrected chi connectivity index (χ2v) is 6.95. The summed E-state index contributed by atoms with van der Waals surface area (Å²) in [5.41, 5.74) is 2.47. The first kappa shape index (κ1) is 14.4. The number of amides is 1. The van der Waals surface area contributed by atoms with Crippen molar-refractivity contribution in [2.75, 3.05) is 0 Å². The van der Waals surface area contributed by atoms with Crippen LogP contribution < -0.4 is 5.32 Å². The topological polar surface area (TPSA) is 42.0 Å². The Bertz CT molecular complexity index is 836. The van der Waals surface area contributed by atoms with Gasteiger partial charge in [0.15, 0.2) is 0 Å². The van der Waals surface area contributed by atoms with E-state index >= 15 is 0 Å². The van der Waals surface area contributed by atoms with Crippen LogP contribution in [-0.4, -0.2) is 16.9 Å². The van der Waals surface area contributed by atoms with Crippen LogP contribution in [-0.2, 0) is 0 Å². The molecular formula is C19H18N2OS. The van der Waals surface area contributed by atoms with E-state index in [1.807, 2.05) is 47.8 Å². The summed E-state index contributed by atoms with van der Waals surface area (Å²) in [6.07, 6.45) is 4.60. The maximum absolute atomic E-state index is 12.8. The number of hydrogen-bond donors (Lipinski definition) is 1. The summed E-state index contributed by atoms with van der Waals surface area (Å²) in [6, 6.07) is 14.2. The van der Waals surface area contributed by atoms with E-state index in [1.54, 1.807) is 11.3 Å². The molecule has 0 bridgehead atoms. The number of thiophene rings is 1. The number of benzene rings is 1. The summed E-state index contributed by atoms with van der Waals surface area (Å²) in [5.74, 6) is 0.0216. The molecular weight excluding hydrogens is 304 g/mol. The largest absolute Gasteiger partial charge is 0.349 e. The Balaban J connectivity index is 1.78. The molecule has 1 aromatic carbocycles. The predicted octanol–water partition coefficient (Wildman–Crippen LogP) is 4.64. The number of para-hydroxylation sites is 1. The molecule has 0 aliphatic heterocycles. The van der Waals surface area contributed by atoms with Gasteiger partial charge in [0.2, 0.25) is 0 Å². The summed E-state index contributed by atoms with van der Waals surface area (Å²) in [7, 11) is 0. The van der Waals surface area contributed by atoms with Crippen molar-refractivity contribution in [3.8, 4) is 10.6 Å². The van der Waals surface area contributed by atoms with Gasteiger partial charge in [0.25, 0.3) is 5.91 Å². The quantitative estimate of drug-likeness (QED) is 0.763. The second-order valence-electron chi connectivity index (χ2n) is 6.00. The number of carbonyl (C=O) groups excluding carboxylic acids is 1. The average Bonchev–Trinajstić information content (AvgIpc) is 3.27. The van der Waals surface area contributed by atoms with Gasteiger partial charge in [-0.3, -0.25) is 4.79 Å². The van der Waals surface area contributed by atoms with Crippen LogP contribution in [0, 0.1) is 0 Å². The monoisotopic (exact) mass is 322 g/mol. The zero-order valence-corrected chi connectivity index (χ0v) is 13.6. The van der Waals surface area contributed by atoms with Crippen molar-refractivity contribution in [1.82, 2.24) is 10.3 Å². The van der Waals surface area contributed by atoms with E-state index in [0.29, 0.717) is 6.04 Å². The first-order valence-electron chi connectivity index (χ1n) is 8.06. The third kappa shape index (κ3) is 2.86. The van der Waals surface area contributed by atoms with Crippen LogP contribution in [0.4, 0.5) is 0 Å². The molecule has 1 aliphatic carbocycles. The minimum absolute atomic E-state index is 0.0216. The maximum Gasteiger partial charge on any atom is 0.252 e. The molecule has 0 unspecified atom stereocenters. The highest BCUT2D eigenvalue weighted by Crippen LogP contribution is 2.28. The number of nitrogens with zero attached hydrogens (tertiary/aromatic N) is 1. The van der Waals surface area contributed by atoms with Crippen molar-refractivity contribution in [2.24, 2.45) is 0 Å². The van der Waals surface area contributed by atoms with Gasteiger partial charge in [-0.1, -0.05) is 37.1 Å². The van der Waals surface area contributed by atoms with Crippen LogP contribution in [0.2, 0.25) is 0 Å². The van der Waals surface area contributed by atoms with E-state index in [1.165, 1.54) is 12.8 Å². The number of fused-ring (bicyclic) bond motifs is 1. The first-order valence-corrected chi connectivity index (χ1v) is 8.94. The van der Waals surface area contributed by atoms with Gasteiger partial charge in [-0.2, -0.15) is 0 Å². The molecule has 1 saturated carbocycles. The molecule has 0 atom stereocenters. The minimum Gasteiger partial charge on any atom is -0.349 e. The lowest BCUT2D eigenvalue weighted by Crippen LogP contribution is -2.32. The molecule has 1 fully saturated rings. The highest BCUT2D eigenvalue weighted by atomic mass is 32.1. The molecule has 1 aliphatic rings. The Labute approximate surface area is 139 Å². The van der Waals surface area contributed by atoms with E-state index in [-0.39, 0.29) is 5.91 Å². The molecule has 3 aromatic rings. The van der Waals surface area contributed by atoms with Crippen LogP contribution in [0.25, 0.3) is 21.5 Å². The van der Waals surface area contributed by atoms with Gasteiger partial charge in [-0.15, -0.1) is 11.3 Å². The van der Waals surface area contributed by atoms with Crippen LogP contribution >= 0.6 is 11.3 Å². The highest BCUT2D eigenvalue weighted by Gasteiger charge is 2.20. The summed E-state index contributed by atoms with van der Waals surface area (Å²) < 4.78 is 0. The number of rotatable bonds is 3. The predicted molar refractivity (Wildman–Crippen MR) is 94.8 cm³/mol. The fraction of sp³-hybridized carbons (Fsp3) is 0.263. The van der Waals surface area contributed by atoms with Crippen LogP contribution in [0.15, 0.2) is 47.8 Å². The highest BCUT2D eigenvalue weighted by molar-refractivity contribution is 7.13. The van der Waals surface area contributed by atoms with Gasteiger partial charge in [-0.25, -0.2) is 4.98 Å². The zero-order chi connectivity index (χ0) is 15.6. The molecule has 3 nitrogen and oxygen atoms in total. The molecule has 1 amide bonds. The van der Waals surface area contributed by atoms with Gasteiger partial charge in [0, 0.05) is 11.4 Å². The lowest BCUT2D eigenvalue weighted by Gasteiger charge is -2.14. The molecule has 0 spiro atoms. The molecule has 116 valence electrons. The van der Waals surface area contributed by atoms with Crippen molar-refractivity contribution in [3.05, 3.63) is 53.4 Å². The van der Waals surface area contributed by atoms with Crippen LogP contribution in [0.1, 0.15) is 36.0 Å². The Morgan fingerprint density at radius 3 is 2.74 bits per heavy atom. The van der Waals surface area contributed by atoms with Crippen molar-refractivity contribution in [3.63, 3.8) is 0 Å². The molecule has 2 aromatic heterocycles. The fourth-order valence-corrected chi connectivity index (χ4v) is 3.93. The number of aromatic nitrogens is 1. The number of hydrogen-bond acceptors (Lipinski definition) is 3. The van der Waals surface area contributed by atoms with Gasteiger partial charge in [-0.05, 0) is 36.4 Å². The first-order chi connectivity index (χ1) is 11.3. The molecule has 1 N–H and O–H groups in total. The molecule has 4 rings (SSSR count). The third-order valence-electron chi connectivity index (χ3n) is 4.42. The van der Waals surface area contributed by atoms with Crippen molar-refractivity contribution >= 4 is 28.1 Å². The maximum atomic E-state index is 12.8. The van der Waals surface area contributed by atoms with E-state index < -0.39 is 0 Å². The number of pyridine rings is 1. The molecule has 4 heteroatoms. The van der Waals surface area contributed by atoms with E-state index in [0.717, 1.165) is 39.9 Å². The van der Waals surface area contributed by atoms with Gasteiger partial charge in [0.1, 0.15) is 0 Å². The summed E-state index contributed by atoms with van der Waals surface area (Å²) >= 11 is 1.64. The Hall–Kier alpha value is -2.20. The average molecular weight is 322 g/mol. The fourth-order valence-electron chi connectivity index (χ4n) is 3.25. The lowest BCUT2D eigenvalue weighted by molar-refractivity contribution is 0.0939. The Morgan fingerprint density at radius 1 is 1.13 bits per heavy atom. The van der Waals surface area contributed by atoms with Crippen LogP contribution in [0.5, 0.6) is 0 Å². The zero-order valence-electron chi connectivity index (χ0n) is 12.8. The Morgan fingerprint density at radius 2 is 1.96 bits per heavy atom. The third-order valence-corrected chi connectivity index (χ3v) is 5.32. The summed E-state index contributed by atoms with van der Waals surface area (Å²) in [4.78, 5) is 18.6. The molecule has 0 saturated heterocycles. The van der Waals surface area contributed by atoms with E-state index in [4.69, 9.17) is 4.98 Å². The van der Waals surface area contributed by atoms with Gasteiger partial charge in [0.05, 0.1) is 21.7 Å². The van der Waals surface area contributed by atoms with E-state index in [9.17, 15) is 4.79 Å². The second kappa shape index (κ2) is 6.13. The normalized spacial score (nSPS) is 15.1. The standard InChI is InChI=1S/C19H18N2OS/c22-19(20-13-6-1-2-7-13)15-12-17(18-10-5-11-23-18)21-16-9-4-3-8-14(15)16/h3-5,8-13H,1-2,6-7H2,(H,20,22). The molecule has 0 radical (unpaired) electrons. The van der Waals surface area contributed by atoms with Gasteiger partial charge < -0.3 is 5.32 Å². The molecule has 23 heavy (non-hydrogen) atoms. The van der Waals surface area contributed by atoms with Crippen LogP contribution in [0.3, 0.4) is 0 Å². The number of nitrogens with one attached hydrogen (secondary N) is 1. The van der Waals surface area contributed by atoms with Crippen molar-refractivity contribution < 1.29 is 4.79 Å². The summed E-state index contributed by atoms with van der Waals surface area (Å²) in [5, 5.41) is 6.15. The molecule has 2 heterocycles. The lowest BCUT2D eigenvalue weighted by atomic mass is 10.1. The smallest absolute Gasteiger partial charge is 0.252 e.